The van der Waals surface area contributed by atoms with Crippen LogP contribution >= 0.6 is 11.3 Å². The molecule has 3 amide bonds. The summed E-state index contributed by atoms with van der Waals surface area (Å²) in [6.07, 6.45) is 3.32. The van der Waals surface area contributed by atoms with E-state index in [0.717, 1.165) is 82.1 Å². The summed E-state index contributed by atoms with van der Waals surface area (Å²) in [5.41, 5.74) is 11.5. The second kappa shape index (κ2) is 22.0. The highest BCUT2D eigenvalue weighted by Crippen LogP contribution is 2.43. The average Bonchev–Trinajstić information content (AvgIpc) is 4.15. The van der Waals surface area contributed by atoms with Gasteiger partial charge in [0.05, 0.1) is 46.7 Å². The number of likely N-dealkylation sites (N-methyl/N-ethyl adjacent to an activating group) is 2. The Bertz CT molecular complexity index is 2800. The monoisotopic (exact) mass is 1020 g/mol. The highest BCUT2D eigenvalue weighted by Gasteiger charge is 2.42. The number of esters is 1. The van der Waals surface area contributed by atoms with Crippen molar-refractivity contribution in [1.29, 1.82) is 0 Å². The number of hydrogen-bond donors (Lipinski definition) is 2. The van der Waals surface area contributed by atoms with Gasteiger partial charge < -0.3 is 38.8 Å². The van der Waals surface area contributed by atoms with Crippen LogP contribution in [-0.4, -0.2) is 144 Å². The molecule has 3 saturated heterocycles. The van der Waals surface area contributed by atoms with Crippen LogP contribution in [0, 0.1) is 11.3 Å². The number of benzene rings is 2. The van der Waals surface area contributed by atoms with E-state index < -0.39 is 47.4 Å². The SMILES string of the molecule is CCn1c(-c2cc(N3CCN(C)CC3)cnc2[C@H](C)OC)c2c3cc(ccc31)-c1csc(n1)C[C@H](NC(=O)C(C(C)C)N(C)C(=O)[C@@H]1OCC[C@@H]1c1ccccc1)C(=O)N1CCC[C@H](N1)C(=O)OCC(C)(C)C2. The Morgan fingerprint density at radius 3 is 2.52 bits per heavy atom. The summed E-state index contributed by atoms with van der Waals surface area (Å²) >= 11 is 1.43. The Labute approximate surface area is 433 Å². The zero-order valence-electron chi connectivity index (χ0n) is 44.0. The Balaban J connectivity index is 1.09. The number of methoxy groups -OCH3 is 1. The van der Waals surface area contributed by atoms with Crippen LogP contribution in [-0.2, 0) is 52.8 Å². The number of ether oxygens (including phenoxy) is 3. The zero-order valence-corrected chi connectivity index (χ0v) is 44.8. The molecule has 4 aliphatic rings. The summed E-state index contributed by atoms with van der Waals surface area (Å²) in [7, 11) is 5.52. The summed E-state index contributed by atoms with van der Waals surface area (Å²) in [6.45, 7) is 17.5. The topological polar surface area (TPSA) is 164 Å². The lowest BCUT2D eigenvalue weighted by atomic mass is 9.84. The number of thiazole rings is 1. The molecule has 5 aromatic rings. The first kappa shape index (κ1) is 52.2. The van der Waals surface area contributed by atoms with Crippen molar-refractivity contribution >= 4 is 51.6 Å². The highest BCUT2D eigenvalue weighted by molar-refractivity contribution is 7.10. The fraction of sp³-hybridized carbons (Fsp3) is 0.536. The van der Waals surface area contributed by atoms with Crippen molar-refractivity contribution in [2.24, 2.45) is 11.3 Å². The number of nitrogens with one attached hydrogen (secondary N) is 2. The van der Waals surface area contributed by atoms with Crippen molar-refractivity contribution < 1.29 is 33.4 Å². The molecular weight excluding hydrogens is 943 g/mol. The number of hydrazine groups is 1. The maximum atomic E-state index is 14.8. The van der Waals surface area contributed by atoms with Crippen LogP contribution in [0.3, 0.4) is 0 Å². The van der Waals surface area contributed by atoms with E-state index in [-0.39, 0.29) is 36.9 Å². The maximum absolute atomic E-state index is 14.8. The molecule has 2 N–H and O–H groups in total. The third-order valence-corrected chi connectivity index (χ3v) is 16.2. The first-order chi connectivity index (χ1) is 35.0. The van der Waals surface area contributed by atoms with E-state index in [4.69, 9.17) is 24.2 Å². The summed E-state index contributed by atoms with van der Waals surface area (Å²) in [5.74, 6) is -2.06. The molecule has 2 aromatic carbocycles. The van der Waals surface area contributed by atoms with Crippen molar-refractivity contribution in [3.63, 3.8) is 0 Å². The van der Waals surface area contributed by atoms with Crippen molar-refractivity contribution in [3.8, 4) is 22.5 Å². The van der Waals surface area contributed by atoms with Gasteiger partial charge >= 0.3 is 5.97 Å². The second-order valence-electron chi connectivity index (χ2n) is 21.5. The molecule has 6 bridgehead atoms. The van der Waals surface area contributed by atoms with Gasteiger partial charge in [0.2, 0.25) is 5.91 Å². The Morgan fingerprint density at radius 2 is 1.79 bits per heavy atom. The molecule has 4 aliphatic heterocycles. The zero-order chi connectivity index (χ0) is 51.7. The van der Waals surface area contributed by atoms with E-state index in [0.29, 0.717) is 50.4 Å². The number of aromatic nitrogens is 3. The molecular formula is C56H73N9O7S. The quantitative estimate of drug-likeness (QED) is 0.130. The number of amides is 3. The van der Waals surface area contributed by atoms with E-state index in [1.54, 1.807) is 14.2 Å². The third-order valence-electron chi connectivity index (χ3n) is 15.3. The van der Waals surface area contributed by atoms with Gasteiger partial charge in [-0.3, -0.25) is 29.2 Å². The average molecular weight is 1020 g/mol. The lowest BCUT2D eigenvalue weighted by Crippen LogP contribution is -2.62. The van der Waals surface area contributed by atoms with Gasteiger partial charge in [0.15, 0.2) is 0 Å². The predicted octanol–water partition coefficient (Wildman–Crippen LogP) is 7.01. The minimum absolute atomic E-state index is 0.0853. The number of aryl methyl sites for hydroxylation is 1. The molecule has 7 heterocycles. The van der Waals surface area contributed by atoms with Crippen LogP contribution in [0.4, 0.5) is 5.69 Å². The number of cyclic esters (lactones) is 1. The van der Waals surface area contributed by atoms with Gasteiger partial charge in [0.1, 0.15) is 24.2 Å². The Morgan fingerprint density at radius 1 is 1.03 bits per heavy atom. The number of nitrogens with zero attached hydrogens (tertiary/aromatic N) is 7. The van der Waals surface area contributed by atoms with Crippen LogP contribution in [0.5, 0.6) is 0 Å². The van der Waals surface area contributed by atoms with Crippen molar-refractivity contribution in [1.82, 2.24) is 40.1 Å². The number of fused-ring (bicyclic) bond motifs is 6. The summed E-state index contributed by atoms with van der Waals surface area (Å²) in [6, 6.07) is 15.8. The van der Waals surface area contributed by atoms with E-state index in [2.05, 4.69) is 77.2 Å². The molecule has 9 rings (SSSR count). The number of rotatable bonds is 11. The first-order valence-corrected chi connectivity index (χ1v) is 27.0. The number of pyridine rings is 1. The van der Waals surface area contributed by atoms with Gasteiger partial charge in [-0.2, -0.15) is 0 Å². The molecule has 0 radical (unpaired) electrons. The Hall–Kier alpha value is -5.72. The normalized spacial score (nSPS) is 22.8. The van der Waals surface area contributed by atoms with Crippen LogP contribution < -0.4 is 15.6 Å². The number of piperazine rings is 1. The highest BCUT2D eigenvalue weighted by atomic mass is 32.1. The largest absolute Gasteiger partial charge is 0.464 e. The van der Waals surface area contributed by atoms with Gasteiger partial charge in [-0.1, -0.05) is 64.1 Å². The van der Waals surface area contributed by atoms with E-state index in [1.165, 1.54) is 21.2 Å². The van der Waals surface area contributed by atoms with Crippen LogP contribution in [0.1, 0.15) is 94.7 Å². The van der Waals surface area contributed by atoms with Crippen LogP contribution in [0.2, 0.25) is 0 Å². The van der Waals surface area contributed by atoms with Gasteiger partial charge in [0, 0.05) is 105 Å². The fourth-order valence-corrected chi connectivity index (χ4v) is 12.1. The van der Waals surface area contributed by atoms with E-state index in [9.17, 15) is 19.2 Å². The molecule has 1 unspecified atom stereocenters. The molecule has 17 heteroatoms. The Kier molecular flexibility index (Phi) is 15.7. The third kappa shape index (κ3) is 10.9. The van der Waals surface area contributed by atoms with Crippen LogP contribution in [0.25, 0.3) is 33.4 Å². The summed E-state index contributed by atoms with van der Waals surface area (Å²) in [5, 5.41) is 8.25. The van der Waals surface area contributed by atoms with Gasteiger partial charge in [-0.15, -0.1) is 11.3 Å². The molecule has 0 saturated carbocycles. The molecule has 16 nitrogen and oxygen atoms in total. The molecule has 3 aromatic heterocycles. The fourth-order valence-electron chi connectivity index (χ4n) is 11.2. The molecule has 390 valence electrons. The van der Waals surface area contributed by atoms with Gasteiger partial charge in [-0.25, -0.2) is 10.4 Å². The molecule has 73 heavy (non-hydrogen) atoms. The van der Waals surface area contributed by atoms with E-state index >= 15 is 0 Å². The number of carbonyl (C=O) groups excluding carboxylic acids is 4. The molecule has 3 fully saturated rings. The lowest BCUT2D eigenvalue weighted by Gasteiger charge is -2.37. The van der Waals surface area contributed by atoms with E-state index in [1.807, 2.05) is 62.7 Å². The predicted molar refractivity (Wildman–Crippen MR) is 284 cm³/mol. The summed E-state index contributed by atoms with van der Waals surface area (Å²) < 4.78 is 20.6. The smallest absolute Gasteiger partial charge is 0.324 e. The molecule has 6 atom stereocenters. The van der Waals surface area contributed by atoms with Crippen LogP contribution in [0.15, 0.2) is 66.2 Å². The van der Waals surface area contributed by atoms with Crippen molar-refractivity contribution in [2.75, 3.05) is 72.0 Å². The van der Waals surface area contributed by atoms with Crippen molar-refractivity contribution in [3.05, 3.63) is 88.0 Å². The molecule has 0 aliphatic carbocycles. The number of carbonyl (C=O) groups is 4. The molecule has 0 spiro atoms. The number of hydrogen-bond acceptors (Lipinski definition) is 13. The van der Waals surface area contributed by atoms with Gasteiger partial charge in [-0.05, 0) is 81.8 Å². The maximum Gasteiger partial charge on any atom is 0.324 e. The lowest BCUT2D eigenvalue weighted by molar-refractivity contribution is -0.155. The summed E-state index contributed by atoms with van der Waals surface area (Å²) in [4.78, 5) is 74.5. The first-order valence-electron chi connectivity index (χ1n) is 26.1. The number of anilines is 1. The minimum atomic E-state index is -1.08. The van der Waals surface area contributed by atoms with Crippen molar-refractivity contribution in [2.45, 2.75) is 116 Å². The minimum Gasteiger partial charge on any atom is -0.464 e. The standard InChI is InChI=1S/C56H73N9O7S/c1-10-64-46-19-18-37-27-40(46)42(50(64)41-28-38(31-57-48(41)35(4)70-9)63-24-22-61(7)23-25-63)30-56(5,6)33-72-55(69)43-17-14-21-65(60-43)53(67)44(29-47-58-45(37)32-73-47)59-52(66)49(34(2)3)62(8)54(68)51-39(20-26-71-51)36-15-12-11-13-16-36/h11-13,15-16,18-19,27-28,31-32,34-35,39,43-44,49,51,60H,10,14,17,20-26,29-30,33H2,1-9H3,(H,59,66)/t35-,39+,43-,44-,49?,51+/m0/s1. The second-order valence-corrected chi connectivity index (χ2v) is 22.4. The van der Waals surface area contributed by atoms with Gasteiger partial charge in [0.25, 0.3) is 11.8 Å².